The Kier molecular flexibility index (Phi) is 5.33. The molecule has 15 heavy (non-hydrogen) atoms. The second-order valence-corrected chi connectivity index (χ2v) is 4.48. The van der Waals surface area contributed by atoms with E-state index in [1.54, 1.807) is 0 Å². The third-order valence-corrected chi connectivity index (χ3v) is 2.25. The van der Waals surface area contributed by atoms with Gasteiger partial charge in [0.15, 0.2) is 0 Å². The van der Waals surface area contributed by atoms with Gasteiger partial charge in [0.1, 0.15) is 0 Å². The number of rotatable bonds is 6. The van der Waals surface area contributed by atoms with Crippen LogP contribution < -0.4 is 5.32 Å². The predicted octanol–water partition coefficient (Wildman–Crippen LogP) is 2.78. The molecule has 0 bridgehead atoms. The van der Waals surface area contributed by atoms with Gasteiger partial charge in [-0.3, -0.25) is 4.98 Å². The smallest absolute Gasteiger partial charge is 0.0313 e. The maximum atomic E-state index is 4.28. The minimum Gasteiger partial charge on any atom is -0.313 e. The highest BCUT2D eigenvalue weighted by atomic mass is 14.8. The Balaban J connectivity index is 2.50. The van der Waals surface area contributed by atoms with Gasteiger partial charge in [0.25, 0.3) is 0 Å². The highest BCUT2D eigenvalue weighted by molar-refractivity contribution is 5.18. The quantitative estimate of drug-likeness (QED) is 0.724. The molecule has 0 aromatic carbocycles. The second-order valence-electron chi connectivity index (χ2n) is 4.48. The Labute approximate surface area is 93.1 Å². The van der Waals surface area contributed by atoms with Crippen LogP contribution in [0, 0.1) is 5.92 Å². The highest BCUT2D eigenvalue weighted by Crippen LogP contribution is 2.08. The minimum absolute atomic E-state index is 0.700. The van der Waals surface area contributed by atoms with Crippen LogP contribution in [-0.2, 0) is 13.0 Å². The molecule has 0 saturated heterocycles. The van der Waals surface area contributed by atoms with Gasteiger partial charge in [-0.2, -0.15) is 0 Å². The van der Waals surface area contributed by atoms with Crippen molar-refractivity contribution in [2.75, 3.05) is 6.54 Å². The maximum Gasteiger partial charge on any atom is 0.0313 e. The molecule has 0 aliphatic heterocycles. The van der Waals surface area contributed by atoms with Crippen LogP contribution in [0.4, 0.5) is 0 Å². The van der Waals surface area contributed by atoms with Crippen LogP contribution >= 0.6 is 0 Å². The first-order valence-corrected chi connectivity index (χ1v) is 5.86. The van der Waals surface area contributed by atoms with Crippen molar-refractivity contribution < 1.29 is 0 Å². The Morgan fingerprint density at radius 2 is 2.00 bits per heavy atom. The molecule has 1 aromatic rings. The van der Waals surface area contributed by atoms with Crippen molar-refractivity contribution in [1.82, 2.24) is 10.3 Å². The van der Waals surface area contributed by atoms with Crippen molar-refractivity contribution in [3.05, 3.63) is 29.6 Å². The monoisotopic (exact) mass is 206 g/mol. The zero-order chi connectivity index (χ0) is 11.1. The SMILES string of the molecule is CCCNCc1cncc(CC(C)C)c1. The lowest BCUT2D eigenvalue weighted by molar-refractivity contribution is 0.641. The summed E-state index contributed by atoms with van der Waals surface area (Å²) in [6, 6.07) is 2.26. The third kappa shape index (κ3) is 4.93. The number of hydrogen-bond donors (Lipinski definition) is 1. The summed E-state index contributed by atoms with van der Waals surface area (Å²) in [7, 11) is 0. The first-order chi connectivity index (χ1) is 7.22. The van der Waals surface area contributed by atoms with E-state index in [9.17, 15) is 0 Å². The topological polar surface area (TPSA) is 24.9 Å². The first-order valence-electron chi connectivity index (χ1n) is 5.86. The maximum absolute atomic E-state index is 4.28. The van der Waals surface area contributed by atoms with Gasteiger partial charge in [0.2, 0.25) is 0 Å². The van der Waals surface area contributed by atoms with Gasteiger partial charge in [-0.25, -0.2) is 0 Å². The Morgan fingerprint density at radius 1 is 1.27 bits per heavy atom. The molecular weight excluding hydrogens is 184 g/mol. The van der Waals surface area contributed by atoms with Gasteiger partial charge in [-0.05, 0) is 36.4 Å². The van der Waals surface area contributed by atoms with Crippen molar-refractivity contribution in [2.24, 2.45) is 5.92 Å². The molecule has 1 rings (SSSR count). The van der Waals surface area contributed by atoms with E-state index < -0.39 is 0 Å². The molecule has 2 nitrogen and oxygen atoms in total. The van der Waals surface area contributed by atoms with Gasteiger partial charge in [0.05, 0.1) is 0 Å². The molecule has 0 unspecified atom stereocenters. The van der Waals surface area contributed by atoms with E-state index in [0.717, 1.165) is 19.5 Å². The fourth-order valence-corrected chi connectivity index (χ4v) is 1.63. The second kappa shape index (κ2) is 6.57. The van der Waals surface area contributed by atoms with Crippen LogP contribution in [0.15, 0.2) is 18.5 Å². The molecule has 84 valence electrons. The molecule has 2 heteroatoms. The molecule has 0 amide bonds. The van der Waals surface area contributed by atoms with Crippen molar-refractivity contribution in [3.63, 3.8) is 0 Å². The van der Waals surface area contributed by atoms with Gasteiger partial charge < -0.3 is 5.32 Å². The van der Waals surface area contributed by atoms with Gasteiger partial charge >= 0.3 is 0 Å². The van der Waals surface area contributed by atoms with Crippen molar-refractivity contribution >= 4 is 0 Å². The van der Waals surface area contributed by atoms with Crippen molar-refractivity contribution in [3.8, 4) is 0 Å². The van der Waals surface area contributed by atoms with E-state index in [4.69, 9.17) is 0 Å². The fourth-order valence-electron chi connectivity index (χ4n) is 1.63. The van der Waals surface area contributed by atoms with Crippen molar-refractivity contribution in [2.45, 2.75) is 40.2 Å². The number of nitrogens with one attached hydrogen (secondary N) is 1. The Hall–Kier alpha value is -0.890. The molecule has 0 aliphatic rings. The third-order valence-electron chi connectivity index (χ3n) is 2.25. The summed E-state index contributed by atoms with van der Waals surface area (Å²) in [6.45, 7) is 8.67. The number of nitrogens with zero attached hydrogens (tertiary/aromatic N) is 1. The average Bonchev–Trinajstić information content (AvgIpc) is 2.18. The number of aromatic nitrogens is 1. The van der Waals surface area contributed by atoms with Gasteiger partial charge in [-0.1, -0.05) is 26.8 Å². The van der Waals surface area contributed by atoms with E-state index in [1.807, 2.05) is 12.4 Å². The van der Waals surface area contributed by atoms with Crippen LogP contribution in [0.25, 0.3) is 0 Å². The number of pyridine rings is 1. The summed E-state index contributed by atoms with van der Waals surface area (Å²) < 4.78 is 0. The molecule has 0 saturated carbocycles. The standard InChI is InChI=1S/C13H22N2/c1-4-5-14-9-13-7-12(6-11(2)3)8-15-10-13/h7-8,10-11,14H,4-6,9H2,1-3H3. The summed E-state index contributed by atoms with van der Waals surface area (Å²) in [5, 5.41) is 3.39. The van der Waals surface area contributed by atoms with E-state index >= 15 is 0 Å². The highest BCUT2D eigenvalue weighted by Gasteiger charge is 1.99. The Morgan fingerprint density at radius 3 is 2.67 bits per heavy atom. The first kappa shape index (κ1) is 12.2. The zero-order valence-corrected chi connectivity index (χ0v) is 10.1. The van der Waals surface area contributed by atoms with Crippen LogP contribution in [-0.4, -0.2) is 11.5 Å². The lowest BCUT2D eigenvalue weighted by atomic mass is 10.0. The summed E-state index contributed by atoms with van der Waals surface area (Å²) in [4.78, 5) is 4.28. The largest absolute Gasteiger partial charge is 0.313 e. The van der Waals surface area contributed by atoms with E-state index in [1.165, 1.54) is 17.5 Å². The minimum atomic E-state index is 0.700. The van der Waals surface area contributed by atoms with E-state index in [0.29, 0.717) is 5.92 Å². The molecule has 1 aromatic heterocycles. The predicted molar refractivity (Wildman–Crippen MR) is 64.8 cm³/mol. The van der Waals surface area contributed by atoms with Crippen LogP contribution in [0.2, 0.25) is 0 Å². The van der Waals surface area contributed by atoms with E-state index in [2.05, 4.69) is 37.1 Å². The molecule has 0 atom stereocenters. The fraction of sp³-hybridized carbons (Fsp3) is 0.615. The molecular formula is C13H22N2. The summed E-state index contributed by atoms with van der Waals surface area (Å²) in [5.41, 5.74) is 2.64. The molecule has 0 radical (unpaired) electrons. The molecule has 1 heterocycles. The van der Waals surface area contributed by atoms with Crippen LogP contribution in [0.3, 0.4) is 0 Å². The van der Waals surface area contributed by atoms with E-state index in [-0.39, 0.29) is 0 Å². The summed E-state index contributed by atoms with van der Waals surface area (Å²) >= 11 is 0. The van der Waals surface area contributed by atoms with Gasteiger partial charge in [0, 0.05) is 18.9 Å². The lowest BCUT2D eigenvalue weighted by Crippen LogP contribution is -2.14. The van der Waals surface area contributed by atoms with Gasteiger partial charge in [-0.15, -0.1) is 0 Å². The van der Waals surface area contributed by atoms with Crippen molar-refractivity contribution in [1.29, 1.82) is 0 Å². The summed E-state index contributed by atoms with van der Waals surface area (Å²) in [6.07, 6.45) is 6.23. The van der Waals surface area contributed by atoms with Crippen LogP contribution in [0.5, 0.6) is 0 Å². The normalized spacial score (nSPS) is 10.9. The lowest BCUT2D eigenvalue weighted by Gasteiger charge is -2.07. The molecule has 1 N–H and O–H groups in total. The Bertz CT molecular complexity index is 282. The molecule has 0 aliphatic carbocycles. The number of hydrogen-bond acceptors (Lipinski definition) is 2. The zero-order valence-electron chi connectivity index (χ0n) is 10.1. The average molecular weight is 206 g/mol. The molecule has 0 spiro atoms. The molecule has 0 fully saturated rings. The van der Waals surface area contributed by atoms with Crippen LogP contribution in [0.1, 0.15) is 38.3 Å². The summed E-state index contributed by atoms with van der Waals surface area (Å²) in [5.74, 6) is 0.700.